The maximum atomic E-state index is 12.4. The van der Waals surface area contributed by atoms with Crippen LogP contribution in [0.5, 0.6) is 0 Å². The van der Waals surface area contributed by atoms with Gasteiger partial charge in [0.25, 0.3) is 0 Å². The number of carbonyl (C=O) groups excluding carboxylic acids is 1. The summed E-state index contributed by atoms with van der Waals surface area (Å²) < 4.78 is 41.9. The summed E-state index contributed by atoms with van der Waals surface area (Å²) in [6.45, 7) is 2.00. The molecule has 7 heteroatoms. The van der Waals surface area contributed by atoms with E-state index in [1.165, 1.54) is 0 Å². The number of aryl methyl sites for hydroxylation is 1. The van der Waals surface area contributed by atoms with Crippen molar-refractivity contribution in [3.8, 4) is 0 Å². The molecule has 0 radical (unpaired) electrons. The Morgan fingerprint density at radius 2 is 2.16 bits per heavy atom. The Morgan fingerprint density at radius 1 is 1.47 bits per heavy atom. The van der Waals surface area contributed by atoms with E-state index >= 15 is 0 Å². The summed E-state index contributed by atoms with van der Waals surface area (Å²) in [6, 6.07) is 0.842. The molecular weight excluding hydrogens is 283 g/mol. The largest absolute Gasteiger partial charge is 0.466 e. The summed E-state index contributed by atoms with van der Waals surface area (Å²) in [7, 11) is 0. The van der Waals surface area contributed by atoms with Gasteiger partial charge in [0, 0.05) is 12.6 Å². The fourth-order valence-electron chi connectivity index (χ4n) is 1.44. The van der Waals surface area contributed by atoms with Crippen LogP contribution in [-0.4, -0.2) is 17.6 Å². The van der Waals surface area contributed by atoms with E-state index in [1.807, 2.05) is 0 Å². The average molecular weight is 296 g/mol. The number of rotatable bonds is 5. The van der Waals surface area contributed by atoms with Gasteiger partial charge in [0.1, 0.15) is 0 Å². The van der Waals surface area contributed by atoms with E-state index in [2.05, 4.69) is 4.98 Å². The van der Waals surface area contributed by atoms with Gasteiger partial charge in [-0.2, -0.15) is 13.2 Å². The Labute approximate surface area is 113 Å². The Bertz CT molecular complexity index is 449. The van der Waals surface area contributed by atoms with E-state index in [0.29, 0.717) is 25.1 Å². The van der Waals surface area contributed by atoms with Gasteiger partial charge in [-0.3, -0.25) is 9.78 Å². The molecule has 3 nitrogen and oxygen atoms in total. The molecule has 1 aromatic heterocycles. The number of alkyl halides is 3. The molecule has 0 atom stereocenters. The Kier molecular flexibility index (Phi) is 5.60. The summed E-state index contributed by atoms with van der Waals surface area (Å²) in [5, 5.41) is -0.0429. The third-order valence-electron chi connectivity index (χ3n) is 2.34. The number of aromatic nitrogens is 1. The van der Waals surface area contributed by atoms with Crippen LogP contribution in [0.1, 0.15) is 31.0 Å². The fourth-order valence-corrected chi connectivity index (χ4v) is 1.70. The van der Waals surface area contributed by atoms with Crippen molar-refractivity contribution < 1.29 is 22.7 Å². The van der Waals surface area contributed by atoms with E-state index in [0.717, 1.165) is 12.3 Å². The monoisotopic (exact) mass is 295 g/mol. The minimum Gasteiger partial charge on any atom is -0.466 e. The van der Waals surface area contributed by atoms with Crippen LogP contribution in [0.15, 0.2) is 12.3 Å². The predicted molar refractivity (Wildman–Crippen MR) is 63.8 cm³/mol. The third-order valence-corrected chi connectivity index (χ3v) is 2.67. The van der Waals surface area contributed by atoms with Crippen molar-refractivity contribution in [2.75, 3.05) is 6.61 Å². The maximum absolute atomic E-state index is 12.4. The lowest BCUT2D eigenvalue weighted by Crippen LogP contribution is -2.07. The molecule has 106 valence electrons. The normalized spacial score (nSPS) is 11.4. The van der Waals surface area contributed by atoms with Gasteiger partial charge in [-0.15, -0.1) is 0 Å². The summed E-state index contributed by atoms with van der Waals surface area (Å²) in [5.74, 6) is -0.342. The van der Waals surface area contributed by atoms with Gasteiger partial charge < -0.3 is 4.74 Å². The fraction of sp³-hybridized carbons (Fsp3) is 0.500. The molecule has 1 rings (SSSR count). The van der Waals surface area contributed by atoms with Gasteiger partial charge in [0.05, 0.1) is 22.9 Å². The highest BCUT2D eigenvalue weighted by Gasteiger charge is 2.31. The zero-order valence-corrected chi connectivity index (χ0v) is 11.0. The predicted octanol–water partition coefficient (Wildman–Crippen LogP) is 3.64. The standard InChI is InChI=1S/C12H13ClF3NO2/c1-2-19-11(18)5-3-4-10-9(13)6-8(7-17-10)12(14,15)16/h6-7H,2-5H2,1H3. The molecule has 0 aliphatic carbocycles. The van der Waals surface area contributed by atoms with Crippen LogP contribution in [0.2, 0.25) is 5.02 Å². The van der Waals surface area contributed by atoms with Crippen LogP contribution < -0.4 is 0 Å². The number of pyridine rings is 1. The van der Waals surface area contributed by atoms with Crippen LogP contribution >= 0.6 is 11.6 Å². The van der Waals surface area contributed by atoms with E-state index in [1.54, 1.807) is 6.92 Å². The number of carbonyl (C=O) groups is 1. The van der Waals surface area contributed by atoms with Crippen molar-refractivity contribution >= 4 is 17.6 Å². The third kappa shape index (κ3) is 5.06. The summed E-state index contributed by atoms with van der Waals surface area (Å²) >= 11 is 5.73. The number of halogens is 4. The van der Waals surface area contributed by atoms with E-state index in [9.17, 15) is 18.0 Å². The first-order valence-corrected chi connectivity index (χ1v) is 6.09. The first-order chi connectivity index (χ1) is 8.84. The Morgan fingerprint density at radius 3 is 2.68 bits per heavy atom. The SMILES string of the molecule is CCOC(=O)CCCc1ncc(C(F)(F)F)cc1Cl. The second-order valence-corrected chi connectivity index (χ2v) is 4.22. The van der Waals surface area contributed by atoms with Crippen molar-refractivity contribution in [1.82, 2.24) is 4.98 Å². The second kappa shape index (κ2) is 6.75. The molecule has 0 saturated heterocycles. The molecule has 0 spiro atoms. The molecule has 1 aromatic rings. The van der Waals surface area contributed by atoms with Gasteiger partial charge in [-0.1, -0.05) is 11.6 Å². The number of hydrogen-bond acceptors (Lipinski definition) is 3. The number of esters is 1. The second-order valence-electron chi connectivity index (χ2n) is 3.81. The Balaban J connectivity index is 2.58. The van der Waals surface area contributed by atoms with E-state index < -0.39 is 11.7 Å². The van der Waals surface area contributed by atoms with Crippen LogP contribution in [0.25, 0.3) is 0 Å². The minimum atomic E-state index is -4.46. The molecule has 0 bridgehead atoms. The molecule has 0 N–H and O–H groups in total. The van der Waals surface area contributed by atoms with Crippen molar-refractivity contribution in [2.24, 2.45) is 0 Å². The highest BCUT2D eigenvalue weighted by molar-refractivity contribution is 6.31. The van der Waals surface area contributed by atoms with Gasteiger partial charge in [0.2, 0.25) is 0 Å². The van der Waals surface area contributed by atoms with Gasteiger partial charge in [-0.25, -0.2) is 0 Å². The van der Waals surface area contributed by atoms with Gasteiger partial charge in [-0.05, 0) is 25.8 Å². The van der Waals surface area contributed by atoms with Crippen molar-refractivity contribution in [3.05, 3.63) is 28.5 Å². The Hall–Kier alpha value is -1.30. The topological polar surface area (TPSA) is 39.2 Å². The molecule has 0 aliphatic rings. The van der Waals surface area contributed by atoms with E-state index in [-0.39, 0.29) is 17.4 Å². The molecule has 0 fully saturated rings. The van der Waals surface area contributed by atoms with Crippen LogP contribution in [-0.2, 0) is 22.1 Å². The van der Waals surface area contributed by atoms with Crippen molar-refractivity contribution in [3.63, 3.8) is 0 Å². The van der Waals surface area contributed by atoms with Crippen LogP contribution in [0.4, 0.5) is 13.2 Å². The summed E-state index contributed by atoms with van der Waals surface area (Å²) in [5.41, 5.74) is -0.536. The lowest BCUT2D eigenvalue weighted by molar-refractivity contribution is -0.143. The highest BCUT2D eigenvalue weighted by atomic mass is 35.5. The first-order valence-electron chi connectivity index (χ1n) is 5.71. The first kappa shape index (κ1) is 15.8. The van der Waals surface area contributed by atoms with E-state index in [4.69, 9.17) is 16.3 Å². The van der Waals surface area contributed by atoms with Crippen molar-refractivity contribution in [2.45, 2.75) is 32.4 Å². The zero-order chi connectivity index (χ0) is 14.5. The molecule has 0 unspecified atom stereocenters. The maximum Gasteiger partial charge on any atom is 0.417 e. The van der Waals surface area contributed by atoms with Crippen LogP contribution in [0, 0.1) is 0 Å². The summed E-state index contributed by atoms with van der Waals surface area (Å²) in [6.07, 6.45) is -2.77. The smallest absolute Gasteiger partial charge is 0.417 e. The van der Waals surface area contributed by atoms with Gasteiger partial charge in [0.15, 0.2) is 0 Å². The summed E-state index contributed by atoms with van der Waals surface area (Å²) in [4.78, 5) is 14.8. The average Bonchev–Trinajstić information content (AvgIpc) is 2.30. The molecule has 0 saturated carbocycles. The molecule has 0 amide bonds. The molecular formula is C12H13ClF3NO2. The molecule has 0 aromatic carbocycles. The molecule has 19 heavy (non-hydrogen) atoms. The lowest BCUT2D eigenvalue weighted by Gasteiger charge is -2.09. The van der Waals surface area contributed by atoms with Crippen molar-refractivity contribution in [1.29, 1.82) is 0 Å². The minimum absolute atomic E-state index is 0.0429. The number of hydrogen-bond donors (Lipinski definition) is 0. The zero-order valence-electron chi connectivity index (χ0n) is 10.3. The molecule has 1 heterocycles. The highest BCUT2D eigenvalue weighted by Crippen LogP contribution is 2.31. The van der Waals surface area contributed by atoms with Gasteiger partial charge >= 0.3 is 12.1 Å². The molecule has 0 aliphatic heterocycles. The quantitative estimate of drug-likeness (QED) is 0.779. The lowest BCUT2D eigenvalue weighted by atomic mass is 10.1. The number of nitrogens with zero attached hydrogens (tertiary/aromatic N) is 1. The van der Waals surface area contributed by atoms with Crippen LogP contribution in [0.3, 0.4) is 0 Å². The number of ether oxygens (including phenoxy) is 1.